The van der Waals surface area contributed by atoms with Crippen molar-refractivity contribution in [1.82, 2.24) is 0 Å². The van der Waals surface area contributed by atoms with E-state index in [4.69, 9.17) is 5.73 Å². The van der Waals surface area contributed by atoms with Crippen LogP contribution >= 0.6 is 0 Å². The molecule has 1 unspecified atom stereocenters. The van der Waals surface area contributed by atoms with Crippen molar-refractivity contribution in [3.8, 4) is 0 Å². The molecule has 0 aromatic heterocycles. The first-order chi connectivity index (χ1) is 9.15. The molecule has 0 fully saturated rings. The van der Waals surface area contributed by atoms with Gasteiger partial charge in [-0.15, -0.1) is 0 Å². The maximum absolute atomic E-state index is 6.50. The van der Waals surface area contributed by atoms with Gasteiger partial charge in [-0.05, 0) is 60.4 Å². The van der Waals surface area contributed by atoms with Gasteiger partial charge in [0, 0.05) is 6.04 Å². The molecular formula is C18H21N. The van der Waals surface area contributed by atoms with Crippen molar-refractivity contribution in [1.29, 1.82) is 0 Å². The number of benzene rings is 2. The van der Waals surface area contributed by atoms with E-state index in [2.05, 4.69) is 56.3 Å². The molecule has 1 nitrogen and oxygen atoms in total. The number of fused-ring (bicyclic) bond motifs is 1. The summed E-state index contributed by atoms with van der Waals surface area (Å²) in [5.74, 6) is 0.541. The fourth-order valence-electron chi connectivity index (χ4n) is 3.09. The summed E-state index contributed by atoms with van der Waals surface area (Å²) in [5, 5.41) is 0. The zero-order valence-corrected chi connectivity index (χ0v) is 11.7. The number of nitrogens with two attached hydrogens (primary N) is 1. The summed E-state index contributed by atoms with van der Waals surface area (Å²) >= 11 is 0. The third kappa shape index (κ3) is 2.31. The second-order valence-corrected chi connectivity index (χ2v) is 5.81. The van der Waals surface area contributed by atoms with Gasteiger partial charge in [-0.1, -0.05) is 42.5 Å². The predicted molar refractivity (Wildman–Crippen MR) is 80.2 cm³/mol. The number of rotatable bonds is 2. The molecule has 0 bridgehead atoms. The van der Waals surface area contributed by atoms with E-state index in [1.165, 1.54) is 27.8 Å². The Labute approximate surface area is 115 Å². The zero-order chi connectivity index (χ0) is 13.4. The molecule has 3 rings (SSSR count). The SMILES string of the molecule is Cc1ccc(C(N)C2Cc3ccccc3C2)cc1C. The van der Waals surface area contributed by atoms with Gasteiger partial charge < -0.3 is 5.73 Å². The number of aryl methyl sites for hydroxylation is 2. The van der Waals surface area contributed by atoms with Gasteiger partial charge in [0.2, 0.25) is 0 Å². The van der Waals surface area contributed by atoms with Gasteiger partial charge in [-0.2, -0.15) is 0 Å². The molecule has 0 spiro atoms. The lowest BCUT2D eigenvalue weighted by atomic mass is 9.90. The van der Waals surface area contributed by atoms with Crippen molar-refractivity contribution in [2.45, 2.75) is 32.7 Å². The molecule has 1 aliphatic rings. The van der Waals surface area contributed by atoms with Crippen LogP contribution in [0.2, 0.25) is 0 Å². The summed E-state index contributed by atoms with van der Waals surface area (Å²) in [6, 6.07) is 15.5. The van der Waals surface area contributed by atoms with Crippen LogP contribution in [0.1, 0.15) is 33.9 Å². The van der Waals surface area contributed by atoms with Crippen LogP contribution in [0.25, 0.3) is 0 Å². The molecule has 1 aliphatic carbocycles. The topological polar surface area (TPSA) is 26.0 Å². The number of hydrogen-bond donors (Lipinski definition) is 1. The Morgan fingerprint density at radius 2 is 1.58 bits per heavy atom. The van der Waals surface area contributed by atoms with Gasteiger partial charge in [-0.25, -0.2) is 0 Å². The molecule has 1 heteroatoms. The summed E-state index contributed by atoms with van der Waals surface area (Å²) in [7, 11) is 0. The summed E-state index contributed by atoms with van der Waals surface area (Å²) in [5.41, 5.74) is 13.4. The Bertz CT molecular complexity index is 575. The first kappa shape index (κ1) is 12.4. The second-order valence-electron chi connectivity index (χ2n) is 5.81. The van der Waals surface area contributed by atoms with Crippen molar-refractivity contribution < 1.29 is 0 Å². The van der Waals surface area contributed by atoms with Crippen molar-refractivity contribution in [3.05, 3.63) is 70.3 Å². The van der Waals surface area contributed by atoms with Crippen LogP contribution in [0.4, 0.5) is 0 Å². The predicted octanol–water partition coefficient (Wildman–Crippen LogP) is 3.72. The molecule has 2 aromatic carbocycles. The Morgan fingerprint density at radius 3 is 2.16 bits per heavy atom. The minimum Gasteiger partial charge on any atom is -0.324 e. The highest BCUT2D eigenvalue weighted by molar-refractivity contribution is 5.36. The van der Waals surface area contributed by atoms with Crippen LogP contribution in [0, 0.1) is 19.8 Å². The lowest BCUT2D eigenvalue weighted by molar-refractivity contribution is 0.453. The zero-order valence-electron chi connectivity index (χ0n) is 11.7. The molecule has 19 heavy (non-hydrogen) atoms. The summed E-state index contributed by atoms with van der Waals surface area (Å²) in [4.78, 5) is 0. The Morgan fingerprint density at radius 1 is 0.947 bits per heavy atom. The molecule has 2 aromatic rings. The minimum absolute atomic E-state index is 0.145. The van der Waals surface area contributed by atoms with Crippen molar-refractivity contribution >= 4 is 0 Å². The highest BCUT2D eigenvalue weighted by Gasteiger charge is 2.27. The van der Waals surface area contributed by atoms with Crippen LogP contribution in [0.15, 0.2) is 42.5 Å². The van der Waals surface area contributed by atoms with Gasteiger partial charge in [0.15, 0.2) is 0 Å². The first-order valence-corrected chi connectivity index (χ1v) is 7.04. The fourth-order valence-corrected chi connectivity index (χ4v) is 3.09. The average molecular weight is 251 g/mol. The van der Waals surface area contributed by atoms with Gasteiger partial charge in [-0.3, -0.25) is 0 Å². The van der Waals surface area contributed by atoms with Crippen molar-refractivity contribution in [2.75, 3.05) is 0 Å². The molecule has 0 radical (unpaired) electrons. The average Bonchev–Trinajstić information content (AvgIpc) is 2.85. The van der Waals surface area contributed by atoms with E-state index in [0.29, 0.717) is 5.92 Å². The van der Waals surface area contributed by atoms with E-state index in [-0.39, 0.29) is 6.04 Å². The van der Waals surface area contributed by atoms with E-state index >= 15 is 0 Å². The molecule has 0 amide bonds. The first-order valence-electron chi connectivity index (χ1n) is 7.04. The fraction of sp³-hybridized carbons (Fsp3) is 0.333. The summed E-state index contributed by atoms with van der Waals surface area (Å²) in [6.07, 6.45) is 2.23. The van der Waals surface area contributed by atoms with Crippen LogP contribution in [-0.2, 0) is 12.8 Å². The third-order valence-electron chi connectivity index (χ3n) is 4.51. The maximum Gasteiger partial charge on any atom is 0.0330 e. The molecule has 1 atom stereocenters. The van der Waals surface area contributed by atoms with Gasteiger partial charge >= 0.3 is 0 Å². The Hall–Kier alpha value is -1.60. The molecule has 2 N–H and O–H groups in total. The van der Waals surface area contributed by atoms with Crippen LogP contribution in [-0.4, -0.2) is 0 Å². The lowest BCUT2D eigenvalue weighted by Crippen LogP contribution is -2.22. The summed E-state index contributed by atoms with van der Waals surface area (Å²) < 4.78 is 0. The van der Waals surface area contributed by atoms with Crippen LogP contribution < -0.4 is 5.73 Å². The smallest absolute Gasteiger partial charge is 0.0330 e. The van der Waals surface area contributed by atoms with Gasteiger partial charge in [0.05, 0.1) is 0 Å². The quantitative estimate of drug-likeness (QED) is 0.865. The van der Waals surface area contributed by atoms with Crippen molar-refractivity contribution in [2.24, 2.45) is 11.7 Å². The standard InChI is InChI=1S/C18H21N/c1-12-7-8-16(9-13(12)2)18(19)17-10-14-5-3-4-6-15(14)11-17/h3-9,17-18H,10-11,19H2,1-2H3. The molecule has 98 valence electrons. The monoisotopic (exact) mass is 251 g/mol. The largest absolute Gasteiger partial charge is 0.324 e. The van der Waals surface area contributed by atoms with E-state index in [0.717, 1.165) is 12.8 Å². The number of hydrogen-bond acceptors (Lipinski definition) is 1. The van der Waals surface area contributed by atoms with E-state index in [1.54, 1.807) is 0 Å². The second kappa shape index (κ2) is 4.82. The third-order valence-corrected chi connectivity index (χ3v) is 4.51. The summed E-state index contributed by atoms with van der Waals surface area (Å²) in [6.45, 7) is 4.31. The molecule has 0 saturated carbocycles. The lowest BCUT2D eigenvalue weighted by Gasteiger charge is -2.20. The van der Waals surface area contributed by atoms with Gasteiger partial charge in [0.25, 0.3) is 0 Å². The van der Waals surface area contributed by atoms with E-state index < -0.39 is 0 Å². The van der Waals surface area contributed by atoms with Crippen LogP contribution in [0.3, 0.4) is 0 Å². The molecule has 0 saturated heterocycles. The van der Waals surface area contributed by atoms with Gasteiger partial charge in [0.1, 0.15) is 0 Å². The normalized spacial score (nSPS) is 16.4. The van der Waals surface area contributed by atoms with E-state index in [9.17, 15) is 0 Å². The highest BCUT2D eigenvalue weighted by Crippen LogP contribution is 2.34. The molecule has 0 aliphatic heterocycles. The van der Waals surface area contributed by atoms with Crippen molar-refractivity contribution in [3.63, 3.8) is 0 Å². The van der Waals surface area contributed by atoms with E-state index in [1.807, 2.05) is 0 Å². The molecule has 0 heterocycles. The Kier molecular flexibility index (Phi) is 3.16. The van der Waals surface area contributed by atoms with Crippen LogP contribution in [0.5, 0.6) is 0 Å². The molecular weight excluding hydrogens is 230 g/mol. The minimum atomic E-state index is 0.145. The highest BCUT2D eigenvalue weighted by atomic mass is 14.7. The maximum atomic E-state index is 6.50. The Balaban J connectivity index is 1.82.